The Hall–Kier alpha value is -4.58. The Morgan fingerprint density at radius 2 is 1.70 bits per heavy atom. The smallest absolute Gasteiger partial charge is 0.265 e. The third kappa shape index (κ3) is 5.68. The van der Waals surface area contributed by atoms with E-state index in [1.165, 1.54) is 16.2 Å². The number of hydrogen-bond donors (Lipinski definition) is 1. The second-order valence-corrected chi connectivity index (χ2v) is 13.5. The predicted octanol–water partition coefficient (Wildman–Crippen LogP) is 3.71. The molecule has 3 aliphatic heterocycles. The number of likely N-dealkylation sites (tertiary alicyclic amines) is 1. The lowest BCUT2D eigenvalue weighted by Crippen LogP contribution is -2.51. The Labute approximate surface area is 276 Å². The summed E-state index contributed by atoms with van der Waals surface area (Å²) in [5, 5.41) is 2.74. The van der Waals surface area contributed by atoms with Gasteiger partial charge in [-0.1, -0.05) is 37.1 Å². The first-order chi connectivity index (χ1) is 22.9. The highest BCUT2D eigenvalue weighted by Crippen LogP contribution is 2.42. The molecular weight excluding hydrogens is 618 g/mol. The van der Waals surface area contributed by atoms with Gasteiger partial charge in [-0.2, -0.15) is 0 Å². The molecule has 11 nitrogen and oxygen atoms in total. The summed E-state index contributed by atoms with van der Waals surface area (Å²) >= 11 is 1.31. The van der Waals surface area contributed by atoms with E-state index in [1.807, 2.05) is 18.2 Å². The van der Waals surface area contributed by atoms with Crippen LogP contribution in [0, 0.1) is 11.8 Å². The molecule has 1 saturated carbocycles. The number of rotatable bonds is 7. The number of fused-ring (bicyclic) bond motifs is 2. The first kappa shape index (κ1) is 31.0. The zero-order valence-electron chi connectivity index (χ0n) is 26.2. The molecule has 12 heteroatoms. The Bertz CT molecular complexity index is 1690. The minimum Gasteiger partial charge on any atom is -0.488 e. The van der Waals surface area contributed by atoms with Crippen LogP contribution in [0.25, 0.3) is 0 Å². The SMILES string of the molecule is CNC(=O)[C@H]1CCCC[C@H]1C(=O)N1CCc2cccc(OC3CCN(C(=O)c4cncs4)C3)c2[C@H]1CN1C(=O)c2ccccc2C1=O. The van der Waals surface area contributed by atoms with E-state index in [4.69, 9.17) is 4.74 Å². The molecule has 3 aromatic rings. The predicted molar refractivity (Wildman–Crippen MR) is 173 cm³/mol. The Balaban J connectivity index is 1.22. The van der Waals surface area contributed by atoms with Crippen molar-refractivity contribution < 1.29 is 28.7 Å². The number of nitrogens with one attached hydrogen (secondary N) is 1. The van der Waals surface area contributed by atoms with Crippen LogP contribution in [0.3, 0.4) is 0 Å². The molecule has 47 heavy (non-hydrogen) atoms. The molecule has 4 atom stereocenters. The van der Waals surface area contributed by atoms with Crippen molar-refractivity contribution in [3.8, 4) is 5.75 Å². The topological polar surface area (TPSA) is 129 Å². The van der Waals surface area contributed by atoms with Crippen molar-refractivity contribution in [3.63, 3.8) is 0 Å². The molecular formula is C35H37N5O6S. The molecule has 4 aliphatic rings. The summed E-state index contributed by atoms with van der Waals surface area (Å²) in [7, 11) is 1.60. The molecule has 1 N–H and O–H groups in total. The minimum absolute atomic E-state index is 0.0382. The number of ether oxygens (including phenoxy) is 1. The van der Waals surface area contributed by atoms with Crippen LogP contribution in [0.5, 0.6) is 5.75 Å². The Morgan fingerprint density at radius 1 is 0.957 bits per heavy atom. The molecule has 1 aliphatic carbocycles. The van der Waals surface area contributed by atoms with Gasteiger partial charge in [-0.25, -0.2) is 0 Å². The molecule has 4 heterocycles. The van der Waals surface area contributed by atoms with Crippen molar-refractivity contribution in [1.29, 1.82) is 0 Å². The van der Waals surface area contributed by atoms with E-state index < -0.39 is 29.7 Å². The molecule has 244 valence electrons. The van der Waals surface area contributed by atoms with Gasteiger partial charge in [0, 0.05) is 44.0 Å². The lowest BCUT2D eigenvalue weighted by atomic mass is 9.77. The van der Waals surface area contributed by atoms with E-state index in [9.17, 15) is 24.0 Å². The number of aromatic nitrogens is 1. The van der Waals surface area contributed by atoms with Gasteiger partial charge in [0.15, 0.2) is 0 Å². The summed E-state index contributed by atoms with van der Waals surface area (Å²) in [6.07, 6.45) is 5.46. The van der Waals surface area contributed by atoms with Crippen molar-refractivity contribution in [2.24, 2.45) is 11.8 Å². The summed E-state index contributed by atoms with van der Waals surface area (Å²) in [5.41, 5.74) is 4.08. The second-order valence-electron chi connectivity index (χ2n) is 12.6. The largest absolute Gasteiger partial charge is 0.488 e. The summed E-state index contributed by atoms with van der Waals surface area (Å²) in [6.45, 7) is 1.30. The molecule has 2 fully saturated rings. The third-order valence-electron chi connectivity index (χ3n) is 10.0. The molecule has 1 saturated heterocycles. The van der Waals surface area contributed by atoms with E-state index in [0.717, 1.165) is 24.0 Å². The summed E-state index contributed by atoms with van der Waals surface area (Å²) in [6, 6.07) is 11.9. The van der Waals surface area contributed by atoms with Gasteiger partial charge in [0.1, 0.15) is 16.7 Å². The van der Waals surface area contributed by atoms with Gasteiger partial charge in [-0.3, -0.25) is 33.9 Å². The van der Waals surface area contributed by atoms with Crippen molar-refractivity contribution in [1.82, 2.24) is 25.0 Å². The highest BCUT2D eigenvalue weighted by Gasteiger charge is 2.45. The monoisotopic (exact) mass is 655 g/mol. The zero-order chi connectivity index (χ0) is 32.7. The average molecular weight is 656 g/mol. The minimum atomic E-state index is -0.673. The maximum Gasteiger partial charge on any atom is 0.265 e. The van der Waals surface area contributed by atoms with Gasteiger partial charge in [0.25, 0.3) is 17.7 Å². The standard InChI is InChI=1S/C35H37N5O6S/c1-36-31(41)23-8-2-3-9-24(23)32(42)39-16-13-21-7-6-12-28(46-22-14-15-38(18-22)35(45)29-17-37-20-47-29)30(21)27(39)19-40-33(43)25-10-4-5-11-26(25)34(40)44/h4-7,10-12,17,20,22-24,27H,2-3,8-9,13-16,18-19H2,1H3,(H,36,41)/t22?,23-,24+,27+/m0/s1. The first-order valence-corrected chi connectivity index (χ1v) is 17.2. The first-order valence-electron chi connectivity index (χ1n) is 16.3. The van der Waals surface area contributed by atoms with Gasteiger partial charge < -0.3 is 19.9 Å². The van der Waals surface area contributed by atoms with E-state index >= 15 is 0 Å². The average Bonchev–Trinajstić information content (AvgIpc) is 3.86. The number of hydrogen-bond acceptors (Lipinski definition) is 8. The maximum absolute atomic E-state index is 14.5. The van der Waals surface area contributed by atoms with Crippen LogP contribution < -0.4 is 10.1 Å². The second kappa shape index (κ2) is 12.9. The van der Waals surface area contributed by atoms with Crippen LogP contribution in [0.1, 0.15) is 79.7 Å². The molecule has 0 bridgehead atoms. The normalized spacial score (nSPS) is 23.8. The number of carbonyl (C=O) groups excluding carboxylic acids is 5. The lowest BCUT2D eigenvalue weighted by molar-refractivity contribution is -0.146. The van der Waals surface area contributed by atoms with E-state index in [-0.39, 0.29) is 30.4 Å². The molecule has 0 spiro atoms. The van der Waals surface area contributed by atoms with Gasteiger partial charge >= 0.3 is 0 Å². The van der Waals surface area contributed by atoms with Crippen LogP contribution in [0.2, 0.25) is 0 Å². The van der Waals surface area contributed by atoms with Gasteiger partial charge in [0.2, 0.25) is 11.8 Å². The summed E-state index contributed by atoms with van der Waals surface area (Å²) in [4.78, 5) is 77.0. The highest BCUT2D eigenvalue weighted by molar-refractivity contribution is 7.11. The molecule has 1 unspecified atom stereocenters. The van der Waals surface area contributed by atoms with Crippen LogP contribution in [0.15, 0.2) is 54.2 Å². The summed E-state index contributed by atoms with van der Waals surface area (Å²) in [5.74, 6) is -1.49. The van der Waals surface area contributed by atoms with Gasteiger partial charge in [0.05, 0.1) is 42.0 Å². The van der Waals surface area contributed by atoms with Gasteiger partial charge in [-0.05, 0) is 43.0 Å². The molecule has 2 aromatic carbocycles. The lowest BCUT2D eigenvalue weighted by Gasteiger charge is -2.43. The number of carbonyl (C=O) groups is 5. The van der Waals surface area contributed by atoms with Crippen LogP contribution in [-0.4, -0.2) is 88.6 Å². The van der Waals surface area contributed by atoms with Crippen LogP contribution in [-0.2, 0) is 16.0 Å². The van der Waals surface area contributed by atoms with Crippen molar-refractivity contribution in [2.75, 3.05) is 33.2 Å². The fraction of sp³-hybridized carbons (Fsp3) is 0.429. The maximum atomic E-state index is 14.5. The molecule has 5 amide bonds. The Morgan fingerprint density at radius 3 is 2.40 bits per heavy atom. The number of thiazole rings is 1. The van der Waals surface area contributed by atoms with Crippen LogP contribution >= 0.6 is 11.3 Å². The van der Waals surface area contributed by atoms with E-state index in [2.05, 4.69) is 10.3 Å². The number of benzene rings is 2. The third-order valence-corrected chi connectivity index (χ3v) is 10.8. The van der Waals surface area contributed by atoms with Gasteiger partial charge in [-0.15, -0.1) is 11.3 Å². The summed E-state index contributed by atoms with van der Waals surface area (Å²) < 4.78 is 6.64. The molecule has 7 rings (SSSR count). The number of amides is 5. The fourth-order valence-corrected chi connectivity index (χ4v) is 8.26. The van der Waals surface area contributed by atoms with Crippen molar-refractivity contribution >= 4 is 40.9 Å². The highest BCUT2D eigenvalue weighted by atomic mass is 32.1. The Kier molecular flexibility index (Phi) is 8.52. The van der Waals surface area contributed by atoms with E-state index in [1.54, 1.807) is 52.8 Å². The fourth-order valence-electron chi connectivity index (χ4n) is 7.68. The zero-order valence-corrected chi connectivity index (χ0v) is 27.0. The molecule has 0 radical (unpaired) electrons. The van der Waals surface area contributed by atoms with Crippen molar-refractivity contribution in [2.45, 2.75) is 50.7 Å². The molecule has 1 aromatic heterocycles. The van der Waals surface area contributed by atoms with E-state index in [0.29, 0.717) is 67.1 Å². The van der Waals surface area contributed by atoms with Crippen LogP contribution in [0.4, 0.5) is 0 Å². The quantitative estimate of drug-likeness (QED) is 0.385. The number of nitrogens with zero attached hydrogens (tertiary/aromatic N) is 4. The number of imide groups is 1. The van der Waals surface area contributed by atoms with Crippen molar-refractivity contribution in [3.05, 3.63) is 81.3 Å².